The van der Waals surface area contributed by atoms with Crippen molar-refractivity contribution in [3.05, 3.63) is 18.1 Å². The van der Waals surface area contributed by atoms with Crippen LogP contribution in [0.2, 0.25) is 0 Å². The fraction of sp³-hybridized carbons (Fsp3) is 0.615. The maximum absolute atomic E-state index is 12.2. The normalized spacial score (nSPS) is 12.0. The predicted octanol–water partition coefficient (Wildman–Crippen LogP) is 2.17. The van der Waals surface area contributed by atoms with Crippen molar-refractivity contribution in [2.45, 2.75) is 39.7 Å². The number of hydrogen-bond acceptors (Lipinski definition) is 4. The highest BCUT2D eigenvalue weighted by Crippen LogP contribution is 2.09. The smallest absolute Gasteiger partial charge is 0.274 e. The molecule has 1 unspecified atom stereocenters. The highest BCUT2D eigenvalue weighted by Gasteiger charge is 2.18. The molecule has 0 aromatic carbocycles. The maximum Gasteiger partial charge on any atom is 0.274 e. The number of nitrogens with zero attached hydrogens (tertiary/aromatic N) is 3. The number of rotatable bonds is 6. The van der Waals surface area contributed by atoms with Crippen molar-refractivity contribution in [1.82, 2.24) is 14.9 Å². The summed E-state index contributed by atoms with van der Waals surface area (Å²) in [7, 11) is 1.81. The summed E-state index contributed by atoms with van der Waals surface area (Å²) in [6.45, 7) is 6.89. The zero-order valence-electron chi connectivity index (χ0n) is 11.6. The number of aromatic nitrogens is 2. The topological polar surface area (TPSA) is 58.1 Å². The van der Waals surface area contributed by atoms with Crippen molar-refractivity contribution in [1.29, 1.82) is 0 Å². The average Bonchev–Trinajstić information content (AvgIpc) is 2.38. The Morgan fingerprint density at radius 1 is 1.44 bits per heavy atom. The van der Waals surface area contributed by atoms with Gasteiger partial charge in [-0.2, -0.15) is 0 Å². The summed E-state index contributed by atoms with van der Waals surface area (Å²) >= 11 is 0. The Labute approximate surface area is 109 Å². The SMILES string of the molecule is CCCC(C)N(C)C(=O)c1cncc(NCC)n1. The summed E-state index contributed by atoms with van der Waals surface area (Å²) in [6.07, 6.45) is 5.18. The maximum atomic E-state index is 12.2. The van der Waals surface area contributed by atoms with Crippen molar-refractivity contribution in [3.8, 4) is 0 Å². The molecule has 1 rings (SSSR count). The molecule has 0 aliphatic rings. The van der Waals surface area contributed by atoms with Crippen molar-refractivity contribution in [2.75, 3.05) is 18.9 Å². The van der Waals surface area contributed by atoms with Crippen LogP contribution in [0.1, 0.15) is 44.1 Å². The molecule has 0 aliphatic carbocycles. The molecule has 1 aromatic rings. The average molecular weight is 250 g/mol. The highest BCUT2D eigenvalue weighted by atomic mass is 16.2. The van der Waals surface area contributed by atoms with E-state index in [4.69, 9.17) is 0 Å². The van der Waals surface area contributed by atoms with Gasteiger partial charge in [0.05, 0.1) is 12.4 Å². The van der Waals surface area contributed by atoms with Gasteiger partial charge in [-0.15, -0.1) is 0 Å². The zero-order valence-corrected chi connectivity index (χ0v) is 11.6. The fourth-order valence-corrected chi connectivity index (χ4v) is 1.73. The van der Waals surface area contributed by atoms with Gasteiger partial charge in [0.25, 0.3) is 5.91 Å². The van der Waals surface area contributed by atoms with Crippen molar-refractivity contribution >= 4 is 11.7 Å². The number of carbonyl (C=O) groups excluding carboxylic acids is 1. The van der Waals surface area contributed by atoms with Gasteiger partial charge < -0.3 is 10.2 Å². The molecule has 0 spiro atoms. The second kappa shape index (κ2) is 6.93. The van der Waals surface area contributed by atoms with Crippen LogP contribution in [0, 0.1) is 0 Å². The van der Waals surface area contributed by atoms with Gasteiger partial charge in [-0.25, -0.2) is 4.98 Å². The Bertz CT molecular complexity index is 394. The van der Waals surface area contributed by atoms with Crippen LogP contribution in [0.4, 0.5) is 5.82 Å². The molecule has 1 N–H and O–H groups in total. The minimum atomic E-state index is -0.0804. The number of carbonyl (C=O) groups is 1. The van der Waals surface area contributed by atoms with E-state index in [0.717, 1.165) is 19.4 Å². The third kappa shape index (κ3) is 3.68. The highest BCUT2D eigenvalue weighted by molar-refractivity contribution is 5.92. The lowest BCUT2D eigenvalue weighted by Gasteiger charge is -2.24. The van der Waals surface area contributed by atoms with Gasteiger partial charge in [0.1, 0.15) is 11.5 Å². The summed E-state index contributed by atoms with van der Waals surface area (Å²) in [5, 5.41) is 3.05. The van der Waals surface area contributed by atoms with Gasteiger partial charge in [0, 0.05) is 19.6 Å². The molecule has 1 atom stereocenters. The lowest BCUT2D eigenvalue weighted by Crippen LogP contribution is -2.35. The Balaban J connectivity index is 2.79. The third-order valence-corrected chi connectivity index (χ3v) is 2.90. The molecule has 5 nitrogen and oxygen atoms in total. The Hall–Kier alpha value is -1.65. The molecule has 0 bridgehead atoms. The molecule has 1 aromatic heterocycles. The van der Waals surface area contributed by atoms with Crippen molar-refractivity contribution < 1.29 is 4.79 Å². The summed E-state index contributed by atoms with van der Waals surface area (Å²) in [4.78, 5) is 22.2. The zero-order chi connectivity index (χ0) is 13.5. The minimum absolute atomic E-state index is 0.0804. The van der Waals surface area contributed by atoms with Gasteiger partial charge in [-0.05, 0) is 20.3 Å². The van der Waals surface area contributed by atoms with Crippen LogP contribution in [0.15, 0.2) is 12.4 Å². The van der Waals surface area contributed by atoms with E-state index in [9.17, 15) is 4.79 Å². The second-order valence-corrected chi connectivity index (χ2v) is 4.37. The van der Waals surface area contributed by atoms with E-state index >= 15 is 0 Å². The Kier molecular flexibility index (Phi) is 5.55. The van der Waals surface area contributed by atoms with E-state index in [1.165, 1.54) is 6.20 Å². The van der Waals surface area contributed by atoms with Crippen LogP contribution in [0.3, 0.4) is 0 Å². The van der Waals surface area contributed by atoms with Crippen LogP contribution in [-0.2, 0) is 0 Å². The largest absolute Gasteiger partial charge is 0.369 e. The first kappa shape index (κ1) is 14.4. The van der Waals surface area contributed by atoms with Gasteiger partial charge in [0.2, 0.25) is 0 Å². The lowest BCUT2D eigenvalue weighted by molar-refractivity contribution is 0.0730. The fourth-order valence-electron chi connectivity index (χ4n) is 1.73. The summed E-state index contributed by atoms with van der Waals surface area (Å²) in [5.41, 5.74) is 0.388. The van der Waals surface area contributed by atoms with E-state index in [-0.39, 0.29) is 11.9 Å². The van der Waals surface area contributed by atoms with E-state index in [2.05, 4.69) is 22.2 Å². The number of nitrogens with one attached hydrogen (secondary N) is 1. The standard InChI is InChI=1S/C13H22N4O/c1-5-7-10(3)17(4)13(18)11-8-14-9-12(16-11)15-6-2/h8-10H,5-7H2,1-4H3,(H,15,16). The van der Waals surface area contributed by atoms with E-state index < -0.39 is 0 Å². The summed E-state index contributed by atoms with van der Waals surface area (Å²) in [5.74, 6) is 0.558. The number of anilines is 1. The number of hydrogen-bond donors (Lipinski definition) is 1. The van der Waals surface area contributed by atoms with Gasteiger partial charge in [-0.3, -0.25) is 9.78 Å². The summed E-state index contributed by atoms with van der Waals surface area (Å²) < 4.78 is 0. The molecule has 1 amide bonds. The Morgan fingerprint density at radius 3 is 2.78 bits per heavy atom. The molecule has 5 heteroatoms. The van der Waals surface area contributed by atoms with Gasteiger partial charge in [0.15, 0.2) is 0 Å². The first-order valence-electron chi connectivity index (χ1n) is 6.43. The van der Waals surface area contributed by atoms with E-state index in [1.807, 2.05) is 20.9 Å². The molecule has 0 radical (unpaired) electrons. The van der Waals surface area contributed by atoms with Crippen LogP contribution >= 0.6 is 0 Å². The van der Waals surface area contributed by atoms with Crippen molar-refractivity contribution in [3.63, 3.8) is 0 Å². The quantitative estimate of drug-likeness (QED) is 0.840. The van der Waals surface area contributed by atoms with Crippen LogP contribution in [-0.4, -0.2) is 40.4 Å². The Morgan fingerprint density at radius 2 is 2.17 bits per heavy atom. The third-order valence-electron chi connectivity index (χ3n) is 2.90. The first-order chi connectivity index (χ1) is 8.60. The predicted molar refractivity (Wildman–Crippen MR) is 72.7 cm³/mol. The molecular weight excluding hydrogens is 228 g/mol. The van der Waals surface area contributed by atoms with E-state index in [0.29, 0.717) is 11.5 Å². The molecule has 0 fully saturated rings. The van der Waals surface area contributed by atoms with Crippen molar-refractivity contribution in [2.24, 2.45) is 0 Å². The molecule has 1 heterocycles. The van der Waals surface area contributed by atoms with Gasteiger partial charge in [-0.1, -0.05) is 13.3 Å². The molecular formula is C13H22N4O. The minimum Gasteiger partial charge on any atom is -0.369 e. The second-order valence-electron chi connectivity index (χ2n) is 4.37. The van der Waals surface area contributed by atoms with Crippen LogP contribution in [0.25, 0.3) is 0 Å². The number of amides is 1. The monoisotopic (exact) mass is 250 g/mol. The lowest BCUT2D eigenvalue weighted by atomic mass is 10.1. The summed E-state index contributed by atoms with van der Waals surface area (Å²) in [6, 6.07) is 0.215. The molecule has 100 valence electrons. The molecule has 18 heavy (non-hydrogen) atoms. The molecule has 0 aliphatic heterocycles. The van der Waals surface area contributed by atoms with Gasteiger partial charge >= 0.3 is 0 Å². The molecule has 0 saturated carbocycles. The first-order valence-corrected chi connectivity index (χ1v) is 6.43. The molecule has 0 saturated heterocycles. The van der Waals surface area contributed by atoms with E-state index in [1.54, 1.807) is 11.1 Å². The van der Waals surface area contributed by atoms with Crippen LogP contribution in [0.5, 0.6) is 0 Å². The van der Waals surface area contributed by atoms with Crippen LogP contribution < -0.4 is 5.32 Å².